The molecule has 4 rings (SSSR count). The van der Waals surface area contributed by atoms with Gasteiger partial charge in [-0.25, -0.2) is 9.07 Å². The summed E-state index contributed by atoms with van der Waals surface area (Å²) in [5, 5.41) is 7.72. The highest BCUT2D eigenvalue weighted by atomic mass is 32.2. The fourth-order valence-electron chi connectivity index (χ4n) is 2.98. The molecular formula is C20H18FN3OS. The zero-order valence-electron chi connectivity index (χ0n) is 14.3. The van der Waals surface area contributed by atoms with Gasteiger partial charge in [-0.2, -0.15) is 16.9 Å². The van der Waals surface area contributed by atoms with Crippen LogP contribution in [0.15, 0.2) is 48.5 Å². The first kappa shape index (κ1) is 16.8. The van der Waals surface area contributed by atoms with E-state index < -0.39 is 0 Å². The number of carbonyl (C=O) groups excluding carboxylic acids is 1. The lowest BCUT2D eigenvalue weighted by Gasteiger charge is -2.11. The number of anilines is 1. The van der Waals surface area contributed by atoms with Crippen LogP contribution in [0.1, 0.15) is 22.4 Å². The number of nitrogens with zero attached hydrogens (tertiary/aromatic N) is 2. The number of nitrogens with one attached hydrogen (secondary N) is 1. The van der Waals surface area contributed by atoms with Crippen LogP contribution in [0.25, 0.3) is 5.69 Å². The monoisotopic (exact) mass is 367 g/mol. The number of amides is 1. The molecule has 0 radical (unpaired) electrons. The second-order valence-corrected chi connectivity index (χ2v) is 7.35. The molecule has 2 heterocycles. The molecule has 1 amide bonds. The second kappa shape index (κ2) is 6.96. The number of hydrogen-bond donors (Lipinski definition) is 1. The second-order valence-electron chi connectivity index (χ2n) is 6.37. The molecule has 0 spiro atoms. The summed E-state index contributed by atoms with van der Waals surface area (Å²) in [6.45, 7) is 2.04. The van der Waals surface area contributed by atoms with Crippen LogP contribution < -0.4 is 5.32 Å². The van der Waals surface area contributed by atoms with Gasteiger partial charge >= 0.3 is 0 Å². The Morgan fingerprint density at radius 2 is 1.88 bits per heavy atom. The third kappa shape index (κ3) is 3.37. The molecule has 0 saturated heterocycles. The molecule has 1 aromatic heterocycles. The Labute approximate surface area is 155 Å². The maximum Gasteiger partial charge on any atom is 0.229 e. The van der Waals surface area contributed by atoms with Crippen molar-refractivity contribution in [2.24, 2.45) is 0 Å². The van der Waals surface area contributed by atoms with E-state index in [0.717, 1.165) is 39.8 Å². The number of benzene rings is 2. The molecule has 0 saturated carbocycles. The third-order valence-corrected chi connectivity index (χ3v) is 5.34. The fourth-order valence-corrected chi connectivity index (χ4v) is 4.01. The minimum atomic E-state index is -0.304. The van der Waals surface area contributed by atoms with E-state index in [1.165, 1.54) is 17.7 Å². The Balaban J connectivity index is 1.61. The quantitative estimate of drug-likeness (QED) is 0.750. The smallest absolute Gasteiger partial charge is 0.229 e. The molecule has 0 bridgehead atoms. The van der Waals surface area contributed by atoms with Crippen LogP contribution in [0, 0.1) is 12.7 Å². The first-order valence-electron chi connectivity index (χ1n) is 8.40. The number of rotatable bonds is 4. The predicted octanol–water partition coefficient (Wildman–Crippen LogP) is 4.25. The first-order valence-corrected chi connectivity index (χ1v) is 9.55. The summed E-state index contributed by atoms with van der Waals surface area (Å²) in [4.78, 5) is 12.5. The maximum atomic E-state index is 13.0. The van der Waals surface area contributed by atoms with Crippen molar-refractivity contribution in [3.63, 3.8) is 0 Å². The summed E-state index contributed by atoms with van der Waals surface area (Å²) in [7, 11) is 0. The van der Waals surface area contributed by atoms with Crippen molar-refractivity contribution in [3.05, 3.63) is 76.7 Å². The summed E-state index contributed by atoms with van der Waals surface area (Å²) >= 11 is 1.79. The van der Waals surface area contributed by atoms with Gasteiger partial charge in [0.15, 0.2) is 0 Å². The van der Waals surface area contributed by atoms with Crippen molar-refractivity contribution in [1.82, 2.24) is 9.78 Å². The van der Waals surface area contributed by atoms with Gasteiger partial charge in [0.05, 0.1) is 17.8 Å². The van der Waals surface area contributed by atoms with E-state index in [1.807, 2.05) is 35.9 Å². The minimum Gasteiger partial charge on any atom is -0.310 e. The summed E-state index contributed by atoms with van der Waals surface area (Å²) < 4.78 is 14.8. The number of halogens is 1. The number of aryl methyl sites for hydroxylation is 1. The molecule has 4 nitrogen and oxygen atoms in total. The van der Waals surface area contributed by atoms with Gasteiger partial charge < -0.3 is 5.32 Å². The van der Waals surface area contributed by atoms with Gasteiger partial charge in [-0.05, 0) is 36.8 Å². The standard InChI is InChI=1S/C20H18FN3OS/c1-13-2-8-16(9-3-13)24-20(17-11-26-12-18(17)23-24)22-19(25)10-14-4-6-15(21)7-5-14/h2-9H,10-12H2,1H3,(H,22,25). The van der Waals surface area contributed by atoms with E-state index >= 15 is 0 Å². The molecule has 1 aliphatic heterocycles. The average molecular weight is 367 g/mol. The maximum absolute atomic E-state index is 13.0. The van der Waals surface area contributed by atoms with Crippen LogP contribution in [0.2, 0.25) is 0 Å². The zero-order chi connectivity index (χ0) is 18.1. The molecule has 0 unspecified atom stereocenters. The van der Waals surface area contributed by atoms with E-state index in [1.54, 1.807) is 23.9 Å². The van der Waals surface area contributed by atoms with Crippen molar-refractivity contribution in [3.8, 4) is 5.69 Å². The largest absolute Gasteiger partial charge is 0.310 e. The van der Waals surface area contributed by atoms with Gasteiger partial charge in [0.25, 0.3) is 0 Å². The number of aromatic nitrogens is 2. The molecule has 3 aromatic rings. The molecule has 0 fully saturated rings. The van der Waals surface area contributed by atoms with Crippen LogP contribution >= 0.6 is 11.8 Å². The molecule has 26 heavy (non-hydrogen) atoms. The highest BCUT2D eigenvalue weighted by Crippen LogP contribution is 2.36. The van der Waals surface area contributed by atoms with E-state index in [9.17, 15) is 9.18 Å². The number of carbonyl (C=O) groups is 1. The van der Waals surface area contributed by atoms with Gasteiger partial charge in [-0.1, -0.05) is 29.8 Å². The fraction of sp³-hybridized carbons (Fsp3) is 0.200. The predicted molar refractivity (Wildman–Crippen MR) is 102 cm³/mol. The number of hydrogen-bond acceptors (Lipinski definition) is 3. The first-order chi connectivity index (χ1) is 12.6. The van der Waals surface area contributed by atoms with Crippen LogP contribution in [-0.4, -0.2) is 15.7 Å². The molecule has 0 atom stereocenters. The van der Waals surface area contributed by atoms with Crippen LogP contribution in [-0.2, 0) is 22.7 Å². The molecule has 6 heteroatoms. The van der Waals surface area contributed by atoms with Gasteiger partial charge in [0, 0.05) is 17.1 Å². The summed E-state index contributed by atoms with van der Waals surface area (Å²) in [6, 6.07) is 14.1. The lowest BCUT2D eigenvalue weighted by atomic mass is 10.1. The number of thioether (sulfide) groups is 1. The Hall–Kier alpha value is -2.60. The molecule has 1 aliphatic rings. The van der Waals surface area contributed by atoms with E-state index in [-0.39, 0.29) is 18.1 Å². The van der Waals surface area contributed by atoms with E-state index in [0.29, 0.717) is 0 Å². The van der Waals surface area contributed by atoms with Gasteiger partial charge in [-0.15, -0.1) is 0 Å². The number of fused-ring (bicyclic) bond motifs is 1. The van der Waals surface area contributed by atoms with Gasteiger partial charge in [0.1, 0.15) is 11.6 Å². The van der Waals surface area contributed by atoms with E-state index in [2.05, 4.69) is 5.32 Å². The Bertz CT molecular complexity index is 948. The normalized spacial score (nSPS) is 12.8. The van der Waals surface area contributed by atoms with Crippen LogP contribution in [0.5, 0.6) is 0 Å². The van der Waals surface area contributed by atoms with Gasteiger partial charge in [-0.3, -0.25) is 4.79 Å². The Morgan fingerprint density at radius 1 is 1.15 bits per heavy atom. The minimum absolute atomic E-state index is 0.135. The van der Waals surface area contributed by atoms with Crippen molar-refractivity contribution in [2.75, 3.05) is 5.32 Å². The van der Waals surface area contributed by atoms with Crippen molar-refractivity contribution >= 4 is 23.5 Å². The van der Waals surface area contributed by atoms with Crippen molar-refractivity contribution in [2.45, 2.75) is 24.9 Å². The molecular weight excluding hydrogens is 349 g/mol. The molecule has 1 N–H and O–H groups in total. The Kier molecular flexibility index (Phi) is 4.51. The average Bonchev–Trinajstić information content (AvgIpc) is 3.21. The summed E-state index contributed by atoms with van der Waals surface area (Å²) in [6.07, 6.45) is 0.196. The lowest BCUT2D eigenvalue weighted by Crippen LogP contribution is -2.18. The molecule has 132 valence electrons. The highest BCUT2D eigenvalue weighted by Gasteiger charge is 2.24. The Morgan fingerprint density at radius 3 is 2.62 bits per heavy atom. The molecule has 0 aliphatic carbocycles. The van der Waals surface area contributed by atoms with Gasteiger partial charge in [0.2, 0.25) is 5.91 Å². The zero-order valence-corrected chi connectivity index (χ0v) is 15.1. The van der Waals surface area contributed by atoms with Crippen molar-refractivity contribution in [1.29, 1.82) is 0 Å². The van der Waals surface area contributed by atoms with Crippen LogP contribution in [0.4, 0.5) is 10.2 Å². The van der Waals surface area contributed by atoms with Crippen LogP contribution in [0.3, 0.4) is 0 Å². The van der Waals surface area contributed by atoms with E-state index in [4.69, 9.17) is 5.10 Å². The SMILES string of the molecule is Cc1ccc(-n2nc3c(c2NC(=O)Cc2ccc(F)cc2)CSC3)cc1. The van der Waals surface area contributed by atoms with Crippen molar-refractivity contribution < 1.29 is 9.18 Å². The molecule has 2 aromatic carbocycles. The third-order valence-electron chi connectivity index (χ3n) is 4.37. The topological polar surface area (TPSA) is 46.9 Å². The summed E-state index contributed by atoms with van der Waals surface area (Å²) in [5.74, 6) is 1.99. The summed E-state index contributed by atoms with van der Waals surface area (Å²) in [5.41, 5.74) is 4.98. The highest BCUT2D eigenvalue weighted by molar-refractivity contribution is 7.98. The lowest BCUT2D eigenvalue weighted by molar-refractivity contribution is -0.115.